The van der Waals surface area contributed by atoms with Crippen molar-refractivity contribution >= 4 is 34.9 Å². The SMILES string of the molecule is CC(=O)Nc1cccc(C(=O)OCC(=O)Nc2ccccc2C(=O)c2ccccc2)c1. The summed E-state index contributed by atoms with van der Waals surface area (Å²) < 4.78 is 5.06. The molecule has 0 spiro atoms. The lowest BCUT2D eigenvalue weighted by Gasteiger charge is -2.11. The van der Waals surface area contributed by atoms with Gasteiger partial charge in [-0.15, -0.1) is 0 Å². The Morgan fingerprint density at radius 2 is 1.45 bits per heavy atom. The predicted octanol–water partition coefficient (Wildman–Crippen LogP) is 3.67. The fourth-order valence-electron chi connectivity index (χ4n) is 2.86. The van der Waals surface area contributed by atoms with Crippen molar-refractivity contribution in [1.82, 2.24) is 0 Å². The largest absolute Gasteiger partial charge is 0.452 e. The van der Waals surface area contributed by atoms with Crippen molar-refractivity contribution < 1.29 is 23.9 Å². The number of ether oxygens (including phenoxy) is 1. The molecule has 3 aromatic carbocycles. The van der Waals surface area contributed by atoms with Gasteiger partial charge in [-0.3, -0.25) is 14.4 Å². The van der Waals surface area contributed by atoms with E-state index in [2.05, 4.69) is 10.6 Å². The van der Waals surface area contributed by atoms with Crippen molar-refractivity contribution in [2.75, 3.05) is 17.2 Å². The van der Waals surface area contributed by atoms with Crippen molar-refractivity contribution in [3.8, 4) is 0 Å². The first-order valence-corrected chi connectivity index (χ1v) is 9.47. The third-order valence-electron chi connectivity index (χ3n) is 4.23. The smallest absolute Gasteiger partial charge is 0.338 e. The molecule has 156 valence electrons. The van der Waals surface area contributed by atoms with Gasteiger partial charge in [-0.05, 0) is 30.3 Å². The number of rotatable bonds is 7. The minimum Gasteiger partial charge on any atom is -0.452 e. The average Bonchev–Trinajstić information content (AvgIpc) is 2.77. The van der Waals surface area contributed by atoms with E-state index < -0.39 is 18.5 Å². The van der Waals surface area contributed by atoms with Crippen LogP contribution in [-0.4, -0.2) is 30.2 Å². The highest BCUT2D eigenvalue weighted by molar-refractivity contribution is 6.14. The lowest BCUT2D eigenvalue weighted by Crippen LogP contribution is -2.22. The summed E-state index contributed by atoms with van der Waals surface area (Å²) >= 11 is 0. The van der Waals surface area contributed by atoms with Crippen LogP contribution < -0.4 is 10.6 Å². The fourth-order valence-corrected chi connectivity index (χ4v) is 2.86. The van der Waals surface area contributed by atoms with Crippen LogP contribution in [-0.2, 0) is 14.3 Å². The topological polar surface area (TPSA) is 102 Å². The molecule has 2 N–H and O–H groups in total. The molecule has 31 heavy (non-hydrogen) atoms. The molecule has 2 amide bonds. The number of benzene rings is 3. The molecule has 3 rings (SSSR count). The molecule has 0 atom stereocenters. The Bertz CT molecular complexity index is 1130. The lowest BCUT2D eigenvalue weighted by atomic mass is 10.0. The fraction of sp³-hybridized carbons (Fsp3) is 0.0833. The second-order valence-corrected chi connectivity index (χ2v) is 6.63. The van der Waals surface area contributed by atoms with Crippen LogP contribution in [0.15, 0.2) is 78.9 Å². The minimum atomic E-state index is -0.712. The minimum absolute atomic E-state index is 0.193. The molecule has 7 heteroatoms. The number of esters is 1. The van der Waals surface area contributed by atoms with E-state index in [4.69, 9.17) is 4.74 Å². The van der Waals surface area contributed by atoms with E-state index in [-0.39, 0.29) is 17.3 Å². The Balaban J connectivity index is 1.64. The number of carbonyl (C=O) groups is 4. The molecule has 0 saturated heterocycles. The number of anilines is 2. The van der Waals surface area contributed by atoms with E-state index in [9.17, 15) is 19.2 Å². The van der Waals surface area contributed by atoms with Crippen LogP contribution in [0.5, 0.6) is 0 Å². The quantitative estimate of drug-likeness (QED) is 0.452. The number of hydrogen-bond acceptors (Lipinski definition) is 5. The van der Waals surface area contributed by atoms with E-state index in [0.717, 1.165) is 0 Å². The van der Waals surface area contributed by atoms with E-state index >= 15 is 0 Å². The first kappa shape index (κ1) is 21.4. The van der Waals surface area contributed by atoms with Gasteiger partial charge in [-0.1, -0.05) is 48.5 Å². The Hall–Kier alpha value is -4.26. The highest BCUT2D eigenvalue weighted by Gasteiger charge is 2.16. The highest BCUT2D eigenvalue weighted by Crippen LogP contribution is 2.19. The monoisotopic (exact) mass is 416 g/mol. The number of ketones is 1. The summed E-state index contributed by atoms with van der Waals surface area (Å²) in [5.41, 5.74) is 1.79. The van der Waals surface area contributed by atoms with Crippen LogP contribution in [0.25, 0.3) is 0 Å². The van der Waals surface area contributed by atoms with Gasteiger partial charge >= 0.3 is 5.97 Å². The maximum atomic E-state index is 12.7. The number of carbonyl (C=O) groups excluding carboxylic acids is 4. The number of nitrogens with one attached hydrogen (secondary N) is 2. The zero-order valence-electron chi connectivity index (χ0n) is 16.8. The molecule has 0 unspecified atom stereocenters. The van der Waals surface area contributed by atoms with E-state index in [0.29, 0.717) is 22.5 Å². The van der Waals surface area contributed by atoms with Gasteiger partial charge in [-0.25, -0.2) is 4.79 Å². The zero-order chi connectivity index (χ0) is 22.2. The molecule has 0 aromatic heterocycles. The third kappa shape index (κ3) is 5.86. The highest BCUT2D eigenvalue weighted by atomic mass is 16.5. The maximum absolute atomic E-state index is 12.7. The summed E-state index contributed by atoms with van der Waals surface area (Å²) in [4.78, 5) is 48.4. The van der Waals surface area contributed by atoms with Gasteiger partial charge in [0.1, 0.15) is 0 Å². The lowest BCUT2D eigenvalue weighted by molar-refractivity contribution is -0.119. The van der Waals surface area contributed by atoms with Crippen LogP contribution in [0, 0.1) is 0 Å². The Morgan fingerprint density at radius 3 is 2.19 bits per heavy atom. The molecular weight excluding hydrogens is 396 g/mol. The van der Waals surface area contributed by atoms with Crippen LogP contribution in [0.2, 0.25) is 0 Å². The van der Waals surface area contributed by atoms with Crippen LogP contribution in [0.3, 0.4) is 0 Å². The first-order valence-electron chi connectivity index (χ1n) is 9.47. The second kappa shape index (κ2) is 9.98. The summed E-state index contributed by atoms with van der Waals surface area (Å²) in [6.07, 6.45) is 0. The van der Waals surface area contributed by atoms with Crippen LogP contribution in [0.1, 0.15) is 33.2 Å². The Labute approximate surface area is 179 Å². The van der Waals surface area contributed by atoms with E-state index in [1.54, 1.807) is 60.7 Å². The molecule has 0 heterocycles. The van der Waals surface area contributed by atoms with E-state index in [1.165, 1.54) is 19.1 Å². The van der Waals surface area contributed by atoms with E-state index in [1.807, 2.05) is 6.07 Å². The standard InChI is InChI=1S/C24H20N2O5/c1-16(27)25-19-11-7-10-18(14-19)24(30)31-15-22(28)26-21-13-6-5-12-20(21)23(29)17-8-3-2-4-9-17/h2-14H,15H2,1H3,(H,25,27)(H,26,28). The number of para-hydroxylation sites is 1. The molecule has 7 nitrogen and oxygen atoms in total. The second-order valence-electron chi connectivity index (χ2n) is 6.63. The first-order chi connectivity index (χ1) is 14.9. The zero-order valence-corrected chi connectivity index (χ0v) is 16.8. The van der Waals surface area contributed by atoms with Crippen molar-refractivity contribution in [3.63, 3.8) is 0 Å². The van der Waals surface area contributed by atoms with Crippen molar-refractivity contribution in [1.29, 1.82) is 0 Å². The summed E-state index contributed by atoms with van der Waals surface area (Å²) in [5.74, 6) is -1.80. The van der Waals surface area contributed by atoms with Gasteiger partial charge < -0.3 is 15.4 Å². The van der Waals surface area contributed by atoms with Gasteiger partial charge in [-0.2, -0.15) is 0 Å². The summed E-state index contributed by atoms with van der Waals surface area (Å²) in [7, 11) is 0. The molecule has 0 bridgehead atoms. The van der Waals surface area contributed by atoms with Crippen LogP contribution >= 0.6 is 0 Å². The molecule has 0 aliphatic carbocycles. The Morgan fingerprint density at radius 1 is 0.774 bits per heavy atom. The molecule has 0 aliphatic rings. The molecule has 0 radical (unpaired) electrons. The van der Waals surface area contributed by atoms with Gasteiger partial charge in [0.15, 0.2) is 12.4 Å². The van der Waals surface area contributed by atoms with Gasteiger partial charge in [0, 0.05) is 23.7 Å². The molecule has 0 aliphatic heterocycles. The van der Waals surface area contributed by atoms with Crippen molar-refractivity contribution in [2.45, 2.75) is 6.92 Å². The van der Waals surface area contributed by atoms with Gasteiger partial charge in [0.05, 0.1) is 11.3 Å². The molecular formula is C24H20N2O5. The third-order valence-corrected chi connectivity index (χ3v) is 4.23. The van der Waals surface area contributed by atoms with Gasteiger partial charge in [0.25, 0.3) is 5.91 Å². The molecule has 3 aromatic rings. The average molecular weight is 416 g/mol. The number of hydrogen-bond donors (Lipinski definition) is 2. The molecule has 0 saturated carbocycles. The normalized spacial score (nSPS) is 10.1. The van der Waals surface area contributed by atoms with Crippen molar-refractivity contribution in [2.24, 2.45) is 0 Å². The Kier molecular flexibility index (Phi) is 6.90. The van der Waals surface area contributed by atoms with Crippen LogP contribution in [0.4, 0.5) is 11.4 Å². The number of amides is 2. The summed E-state index contributed by atoms with van der Waals surface area (Å²) in [6, 6.07) is 21.5. The predicted molar refractivity (Wildman–Crippen MR) is 116 cm³/mol. The summed E-state index contributed by atoms with van der Waals surface area (Å²) in [6.45, 7) is 0.826. The van der Waals surface area contributed by atoms with Crippen molar-refractivity contribution in [3.05, 3.63) is 95.6 Å². The van der Waals surface area contributed by atoms with Gasteiger partial charge in [0.2, 0.25) is 5.91 Å². The summed E-state index contributed by atoms with van der Waals surface area (Å²) in [5, 5.41) is 5.18. The maximum Gasteiger partial charge on any atom is 0.338 e. The molecule has 0 fully saturated rings.